The van der Waals surface area contributed by atoms with Crippen molar-refractivity contribution < 1.29 is 9.47 Å². The summed E-state index contributed by atoms with van der Waals surface area (Å²) in [5.41, 5.74) is 2.67. The smallest absolute Gasteiger partial charge is 0.193 e. The maximum Gasteiger partial charge on any atom is 0.193 e. The second-order valence-corrected chi connectivity index (χ2v) is 7.72. The van der Waals surface area contributed by atoms with E-state index in [-0.39, 0.29) is 24.0 Å². The maximum atomic E-state index is 6.12. The average molecular weight is 501 g/mol. The Morgan fingerprint density at radius 3 is 2.57 bits per heavy atom. The molecule has 1 aromatic rings. The number of aliphatic imine (C=N–C) groups is 1. The van der Waals surface area contributed by atoms with Crippen LogP contribution in [0.25, 0.3) is 0 Å². The van der Waals surface area contributed by atoms with E-state index in [4.69, 9.17) is 9.47 Å². The lowest BCUT2D eigenvalue weighted by molar-refractivity contribution is -0.0721. The Labute approximate surface area is 187 Å². The molecule has 2 aliphatic rings. The lowest BCUT2D eigenvalue weighted by atomic mass is 10.1. The molecule has 2 aliphatic heterocycles. The van der Waals surface area contributed by atoms with Crippen molar-refractivity contribution in [2.75, 3.05) is 39.9 Å². The van der Waals surface area contributed by atoms with Gasteiger partial charge in [0.2, 0.25) is 0 Å². The second kappa shape index (κ2) is 12.6. The lowest BCUT2D eigenvalue weighted by Crippen LogP contribution is -2.47. The molecule has 0 radical (unpaired) electrons. The molecule has 1 N–H and O–H groups in total. The fourth-order valence-electron chi connectivity index (χ4n) is 3.82. The molecule has 3 rings (SSSR count). The number of guanidine groups is 1. The fourth-order valence-corrected chi connectivity index (χ4v) is 3.82. The molecule has 0 saturated carbocycles. The van der Waals surface area contributed by atoms with Crippen molar-refractivity contribution >= 4 is 29.9 Å². The molecule has 0 bridgehead atoms. The summed E-state index contributed by atoms with van der Waals surface area (Å²) in [5, 5.41) is 3.52. The highest BCUT2D eigenvalue weighted by Crippen LogP contribution is 2.18. The van der Waals surface area contributed by atoms with Gasteiger partial charge in [0.25, 0.3) is 0 Å². The third-order valence-corrected chi connectivity index (χ3v) is 5.56. The highest BCUT2D eigenvalue weighted by molar-refractivity contribution is 14.0. The predicted molar refractivity (Wildman–Crippen MR) is 126 cm³/mol. The molecule has 2 heterocycles. The number of likely N-dealkylation sites (tertiary alicyclic amines) is 1. The van der Waals surface area contributed by atoms with Gasteiger partial charge in [0, 0.05) is 33.3 Å². The molecule has 0 aromatic heterocycles. The molecular weight excluding hydrogens is 465 g/mol. The van der Waals surface area contributed by atoms with E-state index in [1.165, 1.54) is 24.0 Å². The summed E-state index contributed by atoms with van der Waals surface area (Å²) in [4.78, 5) is 6.83. The lowest BCUT2D eigenvalue weighted by Gasteiger charge is -2.35. The van der Waals surface area contributed by atoms with Crippen molar-refractivity contribution in [1.82, 2.24) is 10.2 Å². The standard InChI is InChI=1S/C22H35N3O2.HI/c1-18-6-8-19(9-7-18)10-13-24-22(23-2)25-14-11-20(12-15-25)27-17-21-5-3-4-16-26-21;/h6-9,20-21H,3-5,10-17H2,1-2H3,(H,23,24);1H. The van der Waals surface area contributed by atoms with Crippen molar-refractivity contribution in [3.8, 4) is 0 Å². The van der Waals surface area contributed by atoms with Gasteiger partial charge in [-0.05, 0) is 51.0 Å². The van der Waals surface area contributed by atoms with Crippen LogP contribution >= 0.6 is 24.0 Å². The Morgan fingerprint density at radius 2 is 1.93 bits per heavy atom. The molecule has 6 heteroatoms. The average Bonchev–Trinajstić information content (AvgIpc) is 2.72. The fraction of sp³-hybridized carbons (Fsp3) is 0.682. The minimum Gasteiger partial charge on any atom is -0.376 e. The van der Waals surface area contributed by atoms with E-state index in [2.05, 4.69) is 46.4 Å². The zero-order chi connectivity index (χ0) is 18.9. The molecule has 2 saturated heterocycles. The number of nitrogens with one attached hydrogen (secondary N) is 1. The number of hydrogen-bond acceptors (Lipinski definition) is 3. The number of halogens is 1. The third-order valence-electron chi connectivity index (χ3n) is 5.56. The van der Waals surface area contributed by atoms with Crippen LogP contribution in [0.15, 0.2) is 29.3 Å². The first-order valence-electron chi connectivity index (χ1n) is 10.5. The van der Waals surface area contributed by atoms with E-state index in [1.54, 1.807) is 0 Å². The van der Waals surface area contributed by atoms with Gasteiger partial charge in [-0.1, -0.05) is 29.8 Å². The third kappa shape index (κ3) is 7.52. The van der Waals surface area contributed by atoms with Crippen molar-refractivity contribution in [3.05, 3.63) is 35.4 Å². The van der Waals surface area contributed by atoms with Gasteiger partial charge in [0.15, 0.2) is 5.96 Å². The number of rotatable bonds is 6. The monoisotopic (exact) mass is 501 g/mol. The van der Waals surface area contributed by atoms with Crippen molar-refractivity contribution in [3.63, 3.8) is 0 Å². The number of ether oxygens (including phenoxy) is 2. The molecule has 2 fully saturated rings. The van der Waals surface area contributed by atoms with Crippen LogP contribution in [0.3, 0.4) is 0 Å². The van der Waals surface area contributed by atoms with Gasteiger partial charge in [0.05, 0.1) is 18.8 Å². The molecule has 1 aromatic carbocycles. The van der Waals surface area contributed by atoms with Gasteiger partial charge in [-0.25, -0.2) is 0 Å². The normalized spacial score (nSPS) is 21.3. The van der Waals surface area contributed by atoms with Crippen LogP contribution in [-0.2, 0) is 15.9 Å². The molecule has 1 atom stereocenters. The molecule has 5 nitrogen and oxygen atoms in total. The molecule has 0 aliphatic carbocycles. The van der Waals surface area contributed by atoms with Crippen LogP contribution in [-0.4, -0.2) is 63.0 Å². The SMILES string of the molecule is CN=C(NCCc1ccc(C)cc1)N1CCC(OCC2CCCCO2)CC1.I. The van der Waals surface area contributed by atoms with Crippen LogP contribution in [0.1, 0.15) is 43.2 Å². The van der Waals surface area contributed by atoms with Crippen LogP contribution < -0.4 is 5.32 Å². The maximum absolute atomic E-state index is 6.12. The minimum atomic E-state index is 0. The van der Waals surface area contributed by atoms with Crippen molar-refractivity contribution in [2.24, 2.45) is 4.99 Å². The van der Waals surface area contributed by atoms with Crippen LogP contribution in [0.5, 0.6) is 0 Å². The number of benzene rings is 1. The Balaban J connectivity index is 0.00000280. The van der Waals surface area contributed by atoms with Gasteiger partial charge < -0.3 is 19.7 Å². The number of hydrogen-bond donors (Lipinski definition) is 1. The van der Waals surface area contributed by atoms with Crippen molar-refractivity contribution in [1.29, 1.82) is 0 Å². The highest BCUT2D eigenvalue weighted by atomic mass is 127. The number of nitrogens with zero attached hydrogens (tertiary/aromatic N) is 2. The van der Waals surface area contributed by atoms with Gasteiger partial charge >= 0.3 is 0 Å². The Kier molecular flexibility index (Phi) is 10.6. The highest BCUT2D eigenvalue weighted by Gasteiger charge is 2.23. The zero-order valence-corrected chi connectivity index (χ0v) is 19.7. The van der Waals surface area contributed by atoms with E-state index in [9.17, 15) is 0 Å². The summed E-state index contributed by atoms with van der Waals surface area (Å²) < 4.78 is 11.9. The van der Waals surface area contributed by atoms with Crippen LogP contribution in [0.2, 0.25) is 0 Å². The minimum absolute atomic E-state index is 0. The summed E-state index contributed by atoms with van der Waals surface area (Å²) in [6.07, 6.45) is 7.43. The molecule has 0 amide bonds. The Hall–Kier alpha value is -0.860. The van der Waals surface area contributed by atoms with Crippen molar-refractivity contribution in [2.45, 2.75) is 57.7 Å². The first-order valence-corrected chi connectivity index (χ1v) is 10.5. The van der Waals surface area contributed by atoms with Gasteiger partial charge in [-0.2, -0.15) is 0 Å². The Morgan fingerprint density at radius 1 is 1.18 bits per heavy atom. The van der Waals surface area contributed by atoms with Gasteiger partial charge in [0.1, 0.15) is 0 Å². The Bertz CT molecular complexity index is 580. The van der Waals surface area contributed by atoms with Gasteiger partial charge in [-0.3, -0.25) is 4.99 Å². The van der Waals surface area contributed by atoms with E-state index in [1.807, 2.05) is 7.05 Å². The molecule has 28 heavy (non-hydrogen) atoms. The summed E-state index contributed by atoms with van der Waals surface area (Å²) in [6.45, 7) is 6.69. The number of piperidine rings is 1. The molecule has 1 unspecified atom stereocenters. The summed E-state index contributed by atoms with van der Waals surface area (Å²) in [7, 11) is 1.87. The molecular formula is C22H36IN3O2. The largest absolute Gasteiger partial charge is 0.376 e. The van der Waals surface area contributed by atoms with E-state index < -0.39 is 0 Å². The summed E-state index contributed by atoms with van der Waals surface area (Å²) in [6, 6.07) is 8.76. The molecule has 158 valence electrons. The second-order valence-electron chi connectivity index (χ2n) is 7.72. The van der Waals surface area contributed by atoms with Crippen LogP contribution in [0, 0.1) is 6.92 Å². The van der Waals surface area contributed by atoms with Crippen LogP contribution in [0.4, 0.5) is 0 Å². The van der Waals surface area contributed by atoms with Gasteiger partial charge in [-0.15, -0.1) is 24.0 Å². The quantitative estimate of drug-likeness (QED) is 0.366. The number of aryl methyl sites for hydroxylation is 1. The zero-order valence-electron chi connectivity index (χ0n) is 17.4. The summed E-state index contributed by atoms with van der Waals surface area (Å²) in [5.74, 6) is 1.01. The molecule has 0 spiro atoms. The summed E-state index contributed by atoms with van der Waals surface area (Å²) >= 11 is 0. The predicted octanol–water partition coefficient (Wildman–Crippen LogP) is 3.78. The van der Waals surface area contributed by atoms with E-state index in [0.29, 0.717) is 12.2 Å². The first-order chi connectivity index (χ1) is 13.2. The van der Waals surface area contributed by atoms with E-state index in [0.717, 1.165) is 64.5 Å². The van der Waals surface area contributed by atoms with E-state index >= 15 is 0 Å². The first kappa shape index (κ1) is 23.4. The topological polar surface area (TPSA) is 46.1 Å².